The third-order valence-electron chi connectivity index (χ3n) is 4.48. The maximum absolute atomic E-state index is 6.41. The molecule has 19 heavy (non-hydrogen) atoms. The zero-order chi connectivity index (χ0) is 14.2. The summed E-state index contributed by atoms with van der Waals surface area (Å²) in [5.74, 6) is 0.516. The van der Waals surface area contributed by atoms with Gasteiger partial charge in [0.25, 0.3) is 0 Å². The summed E-state index contributed by atoms with van der Waals surface area (Å²) in [4.78, 5) is 0. The van der Waals surface area contributed by atoms with E-state index in [9.17, 15) is 0 Å². The molecule has 2 rings (SSSR count). The van der Waals surface area contributed by atoms with Crippen molar-refractivity contribution in [2.24, 2.45) is 17.1 Å². The molecule has 0 saturated heterocycles. The van der Waals surface area contributed by atoms with Gasteiger partial charge in [0.1, 0.15) is 0 Å². The molecule has 1 fully saturated rings. The lowest BCUT2D eigenvalue weighted by atomic mass is 9.69. The molecule has 0 amide bonds. The van der Waals surface area contributed by atoms with Crippen LogP contribution in [-0.2, 0) is 13.0 Å². The first kappa shape index (κ1) is 14.9. The first-order valence-corrected chi connectivity index (χ1v) is 7.69. The molecule has 1 aromatic heterocycles. The highest BCUT2D eigenvalue weighted by Gasteiger charge is 2.34. The Morgan fingerprint density at radius 2 is 2.16 bits per heavy atom. The molecule has 0 spiro atoms. The lowest BCUT2D eigenvalue weighted by Gasteiger charge is -2.39. The average molecular weight is 284 g/mol. The third kappa shape index (κ3) is 3.14. The molecule has 0 radical (unpaired) electrons. The zero-order valence-corrected chi connectivity index (χ0v) is 13.3. The third-order valence-corrected chi connectivity index (χ3v) is 4.97. The van der Waals surface area contributed by atoms with E-state index in [0.717, 1.165) is 30.1 Å². The lowest BCUT2D eigenvalue weighted by molar-refractivity contribution is 0.155. The van der Waals surface area contributed by atoms with Gasteiger partial charge in [-0.05, 0) is 50.9 Å². The lowest BCUT2D eigenvalue weighted by Crippen LogP contribution is -2.40. The van der Waals surface area contributed by atoms with Gasteiger partial charge in [0.2, 0.25) is 0 Å². The second kappa shape index (κ2) is 5.45. The van der Waals surface area contributed by atoms with Gasteiger partial charge < -0.3 is 5.73 Å². The molecule has 3 nitrogen and oxygen atoms in total. The highest BCUT2D eigenvalue weighted by atomic mass is 35.5. The average Bonchev–Trinajstić information content (AvgIpc) is 2.61. The van der Waals surface area contributed by atoms with Crippen LogP contribution in [0.5, 0.6) is 0 Å². The van der Waals surface area contributed by atoms with E-state index in [2.05, 4.69) is 25.9 Å². The fourth-order valence-corrected chi connectivity index (χ4v) is 3.50. The maximum Gasteiger partial charge on any atom is 0.0847 e. The molecule has 2 N–H and O–H groups in total. The van der Waals surface area contributed by atoms with E-state index in [0.29, 0.717) is 17.4 Å². The van der Waals surface area contributed by atoms with Crippen LogP contribution in [-0.4, -0.2) is 15.8 Å². The van der Waals surface area contributed by atoms with Crippen molar-refractivity contribution in [2.75, 3.05) is 0 Å². The fraction of sp³-hybridized carbons (Fsp3) is 0.800. The Morgan fingerprint density at radius 1 is 1.47 bits per heavy atom. The molecule has 1 aliphatic carbocycles. The first-order chi connectivity index (χ1) is 8.84. The van der Waals surface area contributed by atoms with Crippen LogP contribution in [0.15, 0.2) is 0 Å². The van der Waals surface area contributed by atoms with Crippen molar-refractivity contribution in [1.82, 2.24) is 9.78 Å². The molecule has 0 aromatic carbocycles. The Morgan fingerprint density at radius 3 is 2.79 bits per heavy atom. The summed E-state index contributed by atoms with van der Waals surface area (Å²) in [5, 5.41) is 5.33. The molecular weight excluding hydrogens is 258 g/mol. The Bertz CT molecular complexity index is 450. The molecule has 2 atom stereocenters. The number of hydrogen-bond acceptors (Lipinski definition) is 2. The topological polar surface area (TPSA) is 43.8 Å². The minimum Gasteiger partial charge on any atom is -0.327 e. The molecule has 4 heteroatoms. The highest BCUT2D eigenvalue weighted by Crippen LogP contribution is 2.40. The van der Waals surface area contributed by atoms with E-state index in [1.807, 2.05) is 11.6 Å². The minimum absolute atomic E-state index is 0.296. The summed E-state index contributed by atoms with van der Waals surface area (Å²) in [6.07, 6.45) is 4.48. The first-order valence-electron chi connectivity index (χ1n) is 7.31. The smallest absolute Gasteiger partial charge is 0.0847 e. The van der Waals surface area contributed by atoms with E-state index < -0.39 is 0 Å². The van der Waals surface area contributed by atoms with E-state index in [-0.39, 0.29) is 0 Å². The van der Waals surface area contributed by atoms with Crippen LogP contribution < -0.4 is 5.73 Å². The second-order valence-electron chi connectivity index (χ2n) is 6.70. The van der Waals surface area contributed by atoms with Crippen molar-refractivity contribution in [3.05, 3.63) is 16.4 Å². The molecule has 1 saturated carbocycles. The molecule has 0 bridgehead atoms. The van der Waals surface area contributed by atoms with Gasteiger partial charge in [0, 0.05) is 12.6 Å². The second-order valence-corrected chi connectivity index (χ2v) is 7.07. The fourth-order valence-electron chi connectivity index (χ4n) is 3.29. The quantitative estimate of drug-likeness (QED) is 0.922. The number of aryl methyl sites for hydroxylation is 2. The number of rotatable bonds is 3. The van der Waals surface area contributed by atoms with Crippen molar-refractivity contribution in [2.45, 2.75) is 66.0 Å². The van der Waals surface area contributed by atoms with Crippen molar-refractivity contribution < 1.29 is 0 Å². The Kier molecular flexibility index (Phi) is 4.26. The van der Waals surface area contributed by atoms with Crippen LogP contribution in [0.1, 0.15) is 51.4 Å². The van der Waals surface area contributed by atoms with Crippen LogP contribution in [0, 0.1) is 18.3 Å². The van der Waals surface area contributed by atoms with Crippen molar-refractivity contribution in [1.29, 1.82) is 0 Å². The predicted octanol–water partition coefficient (Wildman–Crippen LogP) is 3.56. The monoisotopic (exact) mass is 283 g/mol. The molecule has 2 unspecified atom stereocenters. The number of hydrogen-bond donors (Lipinski definition) is 1. The highest BCUT2D eigenvalue weighted by molar-refractivity contribution is 6.31. The Labute approximate surface area is 121 Å². The number of aromatic nitrogens is 2. The van der Waals surface area contributed by atoms with Gasteiger partial charge in [-0.3, -0.25) is 4.68 Å². The predicted molar refractivity (Wildman–Crippen MR) is 80.4 cm³/mol. The van der Waals surface area contributed by atoms with Crippen LogP contribution in [0.25, 0.3) is 0 Å². The summed E-state index contributed by atoms with van der Waals surface area (Å²) in [6.45, 7) is 9.64. The Balaban J connectivity index is 2.20. The van der Waals surface area contributed by atoms with E-state index in [1.165, 1.54) is 18.5 Å². The maximum atomic E-state index is 6.41. The van der Waals surface area contributed by atoms with E-state index in [1.54, 1.807) is 0 Å². The summed E-state index contributed by atoms with van der Waals surface area (Å²) in [5.41, 5.74) is 8.82. The van der Waals surface area contributed by atoms with Crippen LogP contribution in [0.2, 0.25) is 5.02 Å². The normalized spacial score (nSPS) is 26.6. The van der Waals surface area contributed by atoms with Gasteiger partial charge in [-0.25, -0.2) is 0 Å². The molecule has 1 heterocycles. The molecule has 1 aromatic rings. The van der Waals surface area contributed by atoms with Crippen molar-refractivity contribution >= 4 is 11.6 Å². The minimum atomic E-state index is 0.296. The standard InChI is InChI=1S/C15H26ClN3/c1-5-19-13(14(16)10(2)18-19)8-11-9-15(3,4)7-6-12(11)17/h11-12H,5-9,17H2,1-4H3. The van der Waals surface area contributed by atoms with Crippen molar-refractivity contribution in [3.8, 4) is 0 Å². The van der Waals surface area contributed by atoms with Gasteiger partial charge in [-0.15, -0.1) is 0 Å². The van der Waals surface area contributed by atoms with Gasteiger partial charge in [0.15, 0.2) is 0 Å². The van der Waals surface area contributed by atoms with Gasteiger partial charge in [-0.2, -0.15) is 5.10 Å². The van der Waals surface area contributed by atoms with Gasteiger partial charge >= 0.3 is 0 Å². The Hall–Kier alpha value is -0.540. The summed E-state index contributed by atoms with van der Waals surface area (Å²) in [6, 6.07) is 0.296. The van der Waals surface area contributed by atoms with Gasteiger partial charge in [-0.1, -0.05) is 25.4 Å². The number of nitrogens with two attached hydrogens (primary N) is 1. The summed E-state index contributed by atoms with van der Waals surface area (Å²) in [7, 11) is 0. The van der Waals surface area contributed by atoms with Crippen molar-refractivity contribution in [3.63, 3.8) is 0 Å². The molecule has 1 aliphatic rings. The summed E-state index contributed by atoms with van der Waals surface area (Å²) >= 11 is 6.41. The summed E-state index contributed by atoms with van der Waals surface area (Å²) < 4.78 is 2.03. The largest absolute Gasteiger partial charge is 0.327 e. The van der Waals surface area contributed by atoms with Gasteiger partial charge in [0.05, 0.1) is 16.4 Å². The molecular formula is C15H26ClN3. The van der Waals surface area contributed by atoms with E-state index >= 15 is 0 Å². The van der Waals surface area contributed by atoms with Crippen LogP contribution in [0.3, 0.4) is 0 Å². The molecule has 108 valence electrons. The van der Waals surface area contributed by atoms with Crippen LogP contribution >= 0.6 is 11.6 Å². The van der Waals surface area contributed by atoms with Crippen LogP contribution in [0.4, 0.5) is 0 Å². The number of halogens is 1. The number of nitrogens with zero attached hydrogens (tertiary/aromatic N) is 2. The molecule has 0 aliphatic heterocycles. The van der Waals surface area contributed by atoms with E-state index in [4.69, 9.17) is 17.3 Å². The zero-order valence-electron chi connectivity index (χ0n) is 12.5. The SMILES string of the molecule is CCn1nc(C)c(Cl)c1CC1CC(C)(C)CCC1N.